The maximum Gasteiger partial charge on any atom is 0.260 e. The Morgan fingerprint density at radius 1 is 1.10 bits per heavy atom. The topological polar surface area (TPSA) is 79.5 Å². The predicted octanol–water partition coefficient (Wildman–Crippen LogP) is 3.97. The van der Waals surface area contributed by atoms with Crippen LogP contribution in [0.1, 0.15) is 31.7 Å². The first-order valence-corrected chi connectivity index (χ1v) is 10.6. The molecular weight excluding hydrogens is 380 g/mol. The van der Waals surface area contributed by atoms with Gasteiger partial charge in [0.25, 0.3) is 5.91 Å². The van der Waals surface area contributed by atoms with Crippen LogP contribution in [0.15, 0.2) is 42.5 Å². The molecule has 1 aliphatic heterocycles. The summed E-state index contributed by atoms with van der Waals surface area (Å²) in [6.45, 7) is 4.75. The Balaban J connectivity index is 1.40. The standard InChI is InChI=1S/C23H28N4O3/c1-2-29-21-14-17(15-24-23-18-8-4-5-9-19(18)25-26-23)10-11-20(21)30-16-22(28)27-12-6-3-7-13-27/h4-5,8-11,14H,2-3,6-7,12-13,15-16H2,1H3,(H2,24,25,26). The van der Waals surface area contributed by atoms with Crippen molar-refractivity contribution in [1.82, 2.24) is 15.1 Å². The van der Waals surface area contributed by atoms with Gasteiger partial charge in [0.1, 0.15) is 0 Å². The average Bonchev–Trinajstić information content (AvgIpc) is 3.21. The molecule has 0 saturated carbocycles. The first kappa shape index (κ1) is 20.1. The van der Waals surface area contributed by atoms with Crippen molar-refractivity contribution in [2.45, 2.75) is 32.7 Å². The molecule has 1 aliphatic rings. The molecular formula is C23H28N4O3. The summed E-state index contributed by atoms with van der Waals surface area (Å²) >= 11 is 0. The molecule has 7 nitrogen and oxygen atoms in total. The Morgan fingerprint density at radius 3 is 2.77 bits per heavy atom. The molecule has 0 radical (unpaired) electrons. The van der Waals surface area contributed by atoms with Crippen LogP contribution in [0, 0.1) is 0 Å². The van der Waals surface area contributed by atoms with Gasteiger partial charge in [-0.1, -0.05) is 18.2 Å². The summed E-state index contributed by atoms with van der Waals surface area (Å²) in [6, 6.07) is 13.8. The highest BCUT2D eigenvalue weighted by atomic mass is 16.5. The molecule has 0 bridgehead atoms. The minimum atomic E-state index is 0.0355. The van der Waals surface area contributed by atoms with E-state index in [-0.39, 0.29) is 12.5 Å². The number of aromatic nitrogens is 2. The third-order valence-corrected chi connectivity index (χ3v) is 5.30. The molecule has 2 aromatic carbocycles. The second kappa shape index (κ2) is 9.52. The maximum absolute atomic E-state index is 12.4. The van der Waals surface area contributed by atoms with Gasteiger partial charge in [-0.2, -0.15) is 5.10 Å². The van der Waals surface area contributed by atoms with Crippen LogP contribution in [0.5, 0.6) is 11.5 Å². The summed E-state index contributed by atoms with van der Waals surface area (Å²) in [5, 5.41) is 11.8. The number of likely N-dealkylation sites (tertiary alicyclic amines) is 1. The number of benzene rings is 2. The Kier molecular flexibility index (Phi) is 6.37. The van der Waals surface area contributed by atoms with Gasteiger partial charge in [0, 0.05) is 25.0 Å². The van der Waals surface area contributed by atoms with Crippen LogP contribution in [-0.2, 0) is 11.3 Å². The highest BCUT2D eigenvalue weighted by Crippen LogP contribution is 2.29. The van der Waals surface area contributed by atoms with Crippen molar-refractivity contribution < 1.29 is 14.3 Å². The van der Waals surface area contributed by atoms with Gasteiger partial charge in [-0.3, -0.25) is 9.89 Å². The fourth-order valence-electron chi connectivity index (χ4n) is 3.71. The SMILES string of the molecule is CCOc1cc(CNc2n[nH]c3ccccc23)ccc1OCC(=O)N1CCCCC1. The third kappa shape index (κ3) is 4.67. The zero-order valence-electron chi connectivity index (χ0n) is 17.3. The van der Waals surface area contributed by atoms with Crippen LogP contribution in [0.3, 0.4) is 0 Å². The van der Waals surface area contributed by atoms with Crippen molar-refractivity contribution >= 4 is 22.6 Å². The first-order chi connectivity index (χ1) is 14.7. The van der Waals surface area contributed by atoms with E-state index in [0.717, 1.165) is 48.2 Å². The van der Waals surface area contributed by atoms with E-state index in [2.05, 4.69) is 15.5 Å². The Hall–Kier alpha value is -3.22. The first-order valence-electron chi connectivity index (χ1n) is 10.6. The van der Waals surface area contributed by atoms with E-state index in [1.807, 2.05) is 54.3 Å². The number of piperidine rings is 1. The Bertz CT molecular complexity index is 995. The van der Waals surface area contributed by atoms with Crippen LogP contribution < -0.4 is 14.8 Å². The van der Waals surface area contributed by atoms with Gasteiger partial charge in [-0.15, -0.1) is 0 Å². The van der Waals surface area contributed by atoms with E-state index < -0.39 is 0 Å². The number of hydrogen-bond donors (Lipinski definition) is 2. The molecule has 4 rings (SSSR count). The summed E-state index contributed by atoms with van der Waals surface area (Å²) in [7, 11) is 0. The van der Waals surface area contributed by atoms with Gasteiger partial charge < -0.3 is 19.7 Å². The zero-order valence-corrected chi connectivity index (χ0v) is 17.3. The van der Waals surface area contributed by atoms with E-state index in [0.29, 0.717) is 24.7 Å². The van der Waals surface area contributed by atoms with E-state index in [1.54, 1.807) is 0 Å². The van der Waals surface area contributed by atoms with Gasteiger partial charge in [0.05, 0.1) is 12.1 Å². The van der Waals surface area contributed by atoms with Crippen molar-refractivity contribution in [2.24, 2.45) is 0 Å². The summed E-state index contributed by atoms with van der Waals surface area (Å²) in [6.07, 6.45) is 3.34. The van der Waals surface area contributed by atoms with Gasteiger partial charge in [-0.05, 0) is 56.0 Å². The van der Waals surface area contributed by atoms with Crippen LogP contribution in [-0.4, -0.2) is 47.3 Å². The van der Waals surface area contributed by atoms with Gasteiger partial charge in [0.2, 0.25) is 0 Å². The van der Waals surface area contributed by atoms with E-state index in [4.69, 9.17) is 9.47 Å². The maximum atomic E-state index is 12.4. The van der Waals surface area contributed by atoms with Gasteiger partial charge >= 0.3 is 0 Å². The fraction of sp³-hybridized carbons (Fsp3) is 0.391. The predicted molar refractivity (Wildman–Crippen MR) is 117 cm³/mol. The van der Waals surface area contributed by atoms with Gasteiger partial charge in [0.15, 0.2) is 23.9 Å². The number of nitrogens with one attached hydrogen (secondary N) is 2. The van der Waals surface area contributed by atoms with Crippen LogP contribution in [0.2, 0.25) is 0 Å². The molecule has 1 saturated heterocycles. The molecule has 158 valence electrons. The second-order valence-electron chi connectivity index (χ2n) is 7.42. The lowest BCUT2D eigenvalue weighted by atomic mass is 10.1. The second-order valence-corrected chi connectivity index (χ2v) is 7.42. The number of hydrogen-bond acceptors (Lipinski definition) is 5. The normalized spacial score (nSPS) is 14.0. The number of amides is 1. The summed E-state index contributed by atoms with van der Waals surface area (Å²) in [4.78, 5) is 14.3. The Labute approximate surface area is 176 Å². The third-order valence-electron chi connectivity index (χ3n) is 5.30. The summed E-state index contributed by atoms with van der Waals surface area (Å²) in [5.41, 5.74) is 2.04. The molecule has 2 N–H and O–H groups in total. The summed E-state index contributed by atoms with van der Waals surface area (Å²) < 4.78 is 11.6. The molecule has 7 heteroatoms. The minimum absolute atomic E-state index is 0.0355. The molecule has 1 aromatic heterocycles. The number of fused-ring (bicyclic) bond motifs is 1. The molecule has 0 atom stereocenters. The number of carbonyl (C=O) groups excluding carboxylic acids is 1. The largest absolute Gasteiger partial charge is 0.490 e. The molecule has 2 heterocycles. The number of para-hydroxylation sites is 1. The van der Waals surface area contributed by atoms with Crippen molar-refractivity contribution in [3.63, 3.8) is 0 Å². The monoisotopic (exact) mass is 408 g/mol. The van der Waals surface area contributed by atoms with Crippen LogP contribution in [0.4, 0.5) is 5.82 Å². The molecule has 1 amide bonds. The zero-order chi connectivity index (χ0) is 20.8. The van der Waals surface area contributed by atoms with Crippen molar-refractivity contribution in [2.75, 3.05) is 31.6 Å². The van der Waals surface area contributed by atoms with Gasteiger partial charge in [-0.25, -0.2) is 0 Å². The van der Waals surface area contributed by atoms with E-state index in [9.17, 15) is 4.79 Å². The minimum Gasteiger partial charge on any atom is -0.490 e. The van der Waals surface area contributed by atoms with Crippen LogP contribution >= 0.6 is 0 Å². The smallest absolute Gasteiger partial charge is 0.260 e. The van der Waals surface area contributed by atoms with Crippen molar-refractivity contribution in [3.8, 4) is 11.5 Å². The number of nitrogens with zero attached hydrogens (tertiary/aromatic N) is 2. The quantitative estimate of drug-likeness (QED) is 0.590. The summed E-state index contributed by atoms with van der Waals surface area (Å²) in [5.74, 6) is 2.09. The number of anilines is 1. The number of rotatable bonds is 8. The van der Waals surface area contributed by atoms with E-state index in [1.165, 1.54) is 6.42 Å². The van der Waals surface area contributed by atoms with Crippen LogP contribution in [0.25, 0.3) is 10.9 Å². The number of aromatic amines is 1. The van der Waals surface area contributed by atoms with E-state index >= 15 is 0 Å². The fourth-order valence-corrected chi connectivity index (χ4v) is 3.71. The molecule has 0 aliphatic carbocycles. The molecule has 0 spiro atoms. The molecule has 3 aromatic rings. The lowest BCUT2D eigenvalue weighted by molar-refractivity contribution is -0.134. The van der Waals surface area contributed by atoms with Crippen molar-refractivity contribution in [1.29, 1.82) is 0 Å². The highest BCUT2D eigenvalue weighted by molar-refractivity contribution is 5.89. The Morgan fingerprint density at radius 2 is 1.93 bits per heavy atom. The highest BCUT2D eigenvalue weighted by Gasteiger charge is 2.18. The lowest BCUT2D eigenvalue weighted by Crippen LogP contribution is -2.38. The van der Waals surface area contributed by atoms with Crippen molar-refractivity contribution in [3.05, 3.63) is 48.0 Å². The lowest BCUT2D eigenvalue weighted by Gasteiger charge is -2.26. The molecule has 30 heavy (non-hydrogen) atoms. The number of H-pyrrole nitrogens is 1. The average molecular weight is 409 g/mol. The number of ether oxygens (including phenoxy) is 2. The molecule has 1 fully saturated rings. The number of carbonyl (C=O) groups is 1. The molecule has 0 unspecified atom stereocenters.